The van der Waals surface area contributed by atoms with Crippen LogP contribution < -0.4 is 5.32 Å². The molecule has 0 heterocycles. The van der Waals surface area contributed by atoms with Gasteiger partial charge in [0.25, 0.3) is 0 Å². The second kappa shape index (κ2) is 5.16. The molecule has 0 aromatic heterocycles. The van der Waals surface area contributed by atoms with E-state index >= 15 is 0 Å². The lowest BCUT2D eigenvalue weighted by atomic mass is 9.92. The zero-order chi connectivity index (χ0) is 10.6. The van der Waals surface area contributed by atoms with Crippen LogP contribution in [0.3, 0.4) is 0 Å². The number of rotatable bonds is 5. The molecule has 84 valence electrons. The van der Waals surface area contributed by atoms with Gasteiger partial charge in [-0.05, 0) is 50.0 Å². The molecule has 1 saturated carbocycles. The van der Waals surface area contributed by atoms with Crippen LogP contribution in [0.25, 0.3) is 0 Å². The van der Waals surface area contributed by atoms with E-state index in [1.54, 1.807) is 0 Å². The van der Waals surface area contributed by atoms with E-state index in [2.05, 4.69) is 33.0 Å². The van der Waals surface area contributed by atoms with Crippen molar-refractivity contribution in [2.24, 2.45) is 11.3 Å². The van der Waals surface area contributed by atoms with Gasteiger partial charge in [-0.1, -0.05) is 27.7 Å². The van der Waals surface area contributed by atoms with E-state index in [-0.39, 0.29) is 0 Å². The highest BCUT2D eigenvalue weighted by Gasteiger charge is 2.30. The third-order valence-electron chi connectivity index (χ3n) is 3.36. The summed E-state index contributed by atoms with van der Waals surface area (Å²) < 4.78 is 0. The summed E-state index contributed by atoms with van der Waals surface area (Å²) in [4.78, 5) is 0. The van der Waals surface area contributed by atoms with Crippen LogP contribution in [0.5, 0.6) is 0 Å². The van der Waals surface area contributed by atoms with Crippen molar-refractivity contribution in [3.8, 4) is 0 Å². The molecule has 0 bridgehead atoms. The molecular weight excluding hydrogens is 170 g/mol. The molecule has 1 atom stereocenters. The highest BCUT2D eigenvalue weighted by molar-refractivity contribution is 4.86. The molecule has 1 N–H and O–H groups in total. The molecule has 1 aliphatic rings. The quantitative estimate of drug-likeness (QED) is 0.664. The Bertz CT molecular complexity index is 161. The van der Waals surface area contributed by atoms with Gasteiger partial charge in [0.1, 0.15) is 0 Å². The normalized spacial score (nSPS) is 25.9. The highest BCUT2D eigenvalue weighted by atomic mass is 14.9. The van der Waals surface area contributed by atoms with Crippen molar-refractivity contribution in [2.45, 2.75) is 65.8 Å². The van der Waals surface area contributed by atoms with E-state index in [1.807, 2.05) is 0 Å². The lowest BCUT2D eigenvalue weighted by Gasteiger charge is -2.18. The molecule has 1 rings (SSSR count). The fourth-order valence-corrected chi connectivity index (χ4v) is 2.43. The average molecular weight is 197 g/mol. The molecule has 0 aliphatic heterocycles. The van der Waals surface area contributed by atoms with Crippen LogP contribution >= 0.6 is 0 Å². The molecule has 0 radical (unpaired) electrons. The Balaban J connectivity index is 2.03. The molecule has 1 aliphatic carbocycles. The van der Waals surface area contributed by atoms with Crippen molar-refractivity contribution < 1.29 is 0 Å². The highest BCUT2D eigenvalue weighted by Crippen LogP contribution is 2.36. The zero-order valence-corrected chi connectivity index (χ0v) is 10.4. The van der Waals surface area contributed by atoms with Crippen LogP contribution in [0.15, 0.2) is 0 Å². The first kappa shape index (κ1) is 12.0. The van der Waals surface area contributed by atoms with Gasteiger partial charge in [0.2, 0.25) is 0 Å². The van der Waals surface area contributed by atoms with Crippen molar-refractivity contribution >= 4 is 0 Å². The first-order chi connectivity index (χ1) is 6.49. The van der Waals surface area contributed by atoms with Gasteiger partial charge >= 0.3 is 0 Å². The Hall–Kier alpha value is -0.0400. The van der Waals surface area contributed by atoms with Crippen LogP contribution in [-0.2, 0) is 0 Å². The van der Waals surface area contributed by atoms with Crippen LogP contribution in [-0.4, -0.2) is 12.6 Å². The monoisotopic (exact) mass is 197 g/mol. The molecule has 0 aromatic carbocycles. The molecule has 0 amide bonds. The summed E-state index contributed by atoms with van der Waals surface area (Å²) >= 11 is 0. The fourth-order valence-electron chi connectivity index (χ4n) is 2.43. The predicted molar refractivity (Wildman–Crippen MR) is 63.5 cm³/mol. The summed E-state index contributed by atoms with van der Waals surface area (Å²) in [5, 5.41) is 3.69. The van der Waals surface area contributed by atoms with Gasteiger partial charge in [0.05, 0.1) is 0 Å². The fraction of sp³-hybridized carbons (Fsp3) is 1.00. The van der Waals surface area contributed by atoms with Crippen LogP contribution in [0.4, 0.5) is 0 Å². The average Bonchev–Trinajstić information content (AvgIpc) is 2.39. The Morgan fingerprint density at radius 3 is 2.57 bits per heavy atom. The maximum Gasteiger partial charge on any atom is 0.00723 e. The lowest BCUT2D eigenvalue weighted by molar-refractivity contribution is 0.363. The lowest BCUT2D eigenvalue weighted by Crippen LogP contribution is -2.28. The third-order valence-corrected chi connectivity index (χ3v) is 3.36. The topological polar surface area (TPSA) is 12.0 Å². The summed E-state index contributed by atoms with van der Waals surface area (Å²) in [6.07, 6.45) is 6.86. The van der Waals surface area contributed by atoms with Crippen molar-refractivity contribution in [3.05, 3.63) is 0 Å². The van der Waals surface area contributed by atoms with E-state index < -0.39 is 0 Å². The van der Waals surface area contributed by atoms with E-state index in [1.165, 1.54) is 38.6 Å². The van der Waals surface area contributed by atoms with Gasteiger partial charge in [-0.25, -0.2) is 0 Å². The van der Waals surface area contributed by atoms with Gasteiger partial charge in [0.15, 0.2) is 0 Å². The summed E-state index contributed by atoms with van der Waals surface area (Å²) in [5.74, 6) is 0.858. The largest absolute Gasteiger partial charge is 0.314 e. The van der Waals surface area contributed by atoms with Crippen molar-refractivity contribution in [1.29, 1.82) is 0 Å². The molecule has 0 spiro atoms. The summed E-state index contributed by atoms with van der Waals surface area (Å²) in [6.45, 7) is 10.6. The molecule has 1 nitrogen and oxygen atoms in total. The van der Waals surface area contributed by atoms with E-state index in [0.29, 0.717) is 5.41 Å². The maximum absolute atomic E-state index is 3.69. The van der Waals surface area contributed by atoms with E-state index in [4.69, 9.17) is 0 Å². The van der Waals surface area contributed by atoms with E-state index in [0.717, 1.165) is 12.0 Å². The molecule has 0 aromatic rings. The number of hydrogen-bond donors (Lipinski definition) is 1. The first-order valence-electron chi connectivity index (χ1n) is 6.23. The van der Waals surface area contributed by atoms with Gasteiger partial charge < -0.3 is 5.32 Å². The van der Waals surface area contributed by atoms with Crippen LogP contribution in [0.1, 0.15) is 59.8 Å². The van der Waals surface area contributed by atoms with Crippen molar-refractivity contribution in [3.63, 3.8) is 0 Å². The summed E-state index contributed by atoms with van der Waals surface area (Å²) in [7, 11) is 0. The number of hydrogen-bond acceptors (Lipinski definition) is 1. The predicted octanol–water partition coefficient (Wildman–Crippen LogP) is 3.59. The molecule has 14 heavy (non-hydrogen) atoms. The van der Waals surface area contributed by atoms with Crippen LogP contribution in [0.2, 0.25) is 0 Å². The smallest absolute Gasteiger partial charge is 0.00723 e. The van der Waals surface area contributed by atoms with E-state index in [9.17, 15) is 0 Å². The minimum atomic E-state index is 0.593. The molecule has 1 heteroatoms. The number of nitrogens with one attached hydrogen (secondary N) is 1. The standard InChI is InChI=1S/C13H27N/c1-11(2)6-5-9-14-12-7-8-13(3,4)10-12/h11-12,14H,5-10H2,1-4H3. The Kier molecular flexibility index (Phi) is 4.43. The minimum absolute atomic E-state index is 0.593. The summed E-state index contributed by atoms with van der Waals surface area (Å²) in [5.41, 5.74) is 0.593. The Labute approximate surface area is 89.7 Å². The minimum Gasteiger partial charge on any atom is -0.314 e. The summed E-state index contributed by atoms with van der Waals surface area (Å²) in [6, 6.07) is 0.803. The van der Waals surface area contributed by atoms with Gasteiger partial charge in [0, 0.05) is 6.04 Å². The first-order valence-corrected chi connectivity index (χ1v) is 6.23. The van der Waals surface area contributed by atoms with Crippen LogP contribution in [0, 0.1) is 11.3 Å². The second-order valence-electron chi connectivity index (χ2n) is 6.09. The maximum atomic E-state index is 3.69. The Morgan fingerprint density at radius 1 is 1.36 bits per heavy atom. The molecule has 0 saturated heterocycles. The zero-order valence-electron chi connectivity index (χ0n) is 10.4. The molecule has 1 unspecified atom stereocenters. The van der Waals surface area contributed by atoms with Crippen molar-refractivity contribution in [2.75, 3.05) is 6.54 Å². The van der Waals surface area contributed by atoms with Gasteiger partial charge in [-0.2, -0.15) is 0 Å². The second-order valence-corrected chi connectivity index (χ2v) is 6.09. The Morgan fingerprint density at radius 2 is 2.07 bits per heavy atom. The third kappa shape index (κ3) is 4.45. The van der Waals surface area contributed by atoms with Gasteiger partial charge in [-0.3, -0.25) is 0 Å². The molecule has 1 fully saturated rings. The van der Waals surface area contributed by atoms with Gasteiger partial charge in [-0.15, -0.1) is 0 Å². The molecular formula is C13H27N. The SMILES string of the molecule is CC(C)CCCNC1CCC(C)(C)C1. The van der Waals surface area contributed by atoms with Crippen molar-refractivity contribution in [1.82, 2.24) is 5.32 Å².